The number of carbonyl (C=O) groups excluding carboxylic acids is 1. The lowest BCUT2D eigenvalue weighted by molar-refractivity contribution is -0.123. The Bertz CT molecular complexity index is 793. The lowest BCUT2D eigenvalue weighted by atomic mass is 9.87. The van der Waals surface area contributed by atoms with Crippen LogP contribution < -0.4 is 10.1 Å². The molecular weight excluding hydrogens is 360 g/mol. The summed E-state index contributed by atoms with van der Waals surface area (Å²) in [5.41, 5.74) is 0.810. The van der Waals surface area contributed by atoms with Crippen LogP contribution in [0.1, 0.15) is 52.9 Å². The molecule has 1 aromatic heterocycles. The van der Waals surface area contributed by atoms with Gasteiger partial charge in [0, 0.05) is 5.41 Å². The fourth-order valence-electron chi connectivity index (χ4n) is 2.10. The van der Waals surface area contributed by atoms with Crippen molar-refractivity contribution in [1.82, 2.24) is 15.0 Å². The minimum absolute atomic E-state index is 0.0974. The zero-order valence-corrected chi connectivity index (χ0v) is 17.9. The first kappa shape index (κ1) is 21.2. The average Bonchev–Trinajstić information content (AvgIpc) is 2.58. The van der Waals surface area contributed by atoms with E-state index in [1.165, 1.54) is 17.3 Å². The topological polar surface area (TPSA) is 77.0 Å². The minimum Gasteiger partial charge on any atom is -0.486 e. The molecule has 0 aliphatic heterocycles. The smallest absolute Gasteiger partial charge is 0.233 e. The van der Waals surface area contributed by atoms with Crippen LogP contribution in [0.25, 0.3) is 0 Å². The lowest BCUT2D eigenvalue weighted by Crippen LogP contribution is -2.29. The molecule has 0 atom stereocenters. The van der Waals surface area contributed by atoms with E-state index in [4.69, 9.17) is 4.74 Å². The van der Waals surface area contributed by atoms with E-state index in [-0.39, 0.29) is 23.9 Å². The van der Waals surface area contributed by atoms with Gasteiger partial charge in [0.25, 0.3) is 0 Å². The number of anilines is 1. The number of rotatable bonds is 5. The molecule has 0 spiro atoms. The van der Waals surface area contributed by atoms with Gasteiger partial charge in [-0.3, -0.25) is 10.1 Å². The van der Waals surface area contributed by atoms with Gasteiger partial charge in [0.05, 0.1) is 0 Å². The third-order valence-electron chi connectivity index (χ3n) is 3.84. The molecule has 0 unspecified atom stereocenters. The van der Waals surface area contributed by atoms with Crippen molar-refractivity contribution in [3.8, 4) is 5.75 Å². The Morgan fingerprint density at radius 1 is 1.04 bits per heavy atom. The predicted molar refractivity (Wildman–Crippen MR) is 109 cm³/mol. The van der Waals surface area contributed by atoms with E-state index < -0.39 is 5.41 Å². The van der Waals surface area contributed by atoms with Crippen LogP contribution in [0.4, 0.5) is 5.95 Å². The molecule has 2 aromatic rings. The molecule has 0 saturated heterocycles. The Balaban J connectivity index is 2.11. The Labute approximate surface area is 165 Å². The number of nitrogens with zero attached hydrogens (tertiary/aromatic N) is 3. The Morgan fingerprint density at radius 2 is 1.67 bits per heavy atom. The first-order valence-corrected chi connectivity index (χ1v) is 10.1. The molecule has 1 amide bonds. The van der Waals surface area contributed by atoms with E-state index in [0.717, 1.165) is 5.75 Å². The van der Waals surface area contributed by atoms with E-state index in [1.807, 2.05) is 39.2 Å². The van der Waals surface area contributed by atoms with E-state index in [0.29, 0.717) is 11.0 Å². The van der Waals surface area contributed by atoms with Crippen molar-refractivity contribution in [3.63, 3.8) is 0 Å². The van der Waals surface area contributed by atoms with Gasteiger partial charge in [-0.25, -0.2) is 4.98 Å². The van der Waals surface area contributed by atoms with Gasteiger partial charge >= 0.3 is 0 Å². The molecule has 6 nitrogen and oxygen atoms in total. The maximum atomic E-state index is 12.2. The van der Waals surface area contributed by atoms with Gasteiger partial charge in [-0.15, -0.1) is 0 Å². The van der Waals surface area contributed by atoms with Crippen molar-refractivity contribution in [2.24, 2.45) is 5.41 Å². The number of nitrogens with one attached hydrogen (secondary N) is 1. The minimum atomic E-state index is -0.530. The van der Waals surface area contributed by atoms with E-state index in [1.54, 1.807) is 0 Å². The van der Waals surface area contributed by atoms with Crippen LogP contribution in [0, 0.1) is 5.41 Å². The van der Waals surface area contributed by atoms with Crippen LogP contribution >= 0.6 is 11.8 Å². The van der Waals surface area contributed by atoms with Crippen molar-refractivity contribution in [2.45, 2.75) is 58.7 Å². The number of hydrogen-bond acceptors (Lipinski definition) is 6. The lowest BCUT2D eigenvalue weighted by Gasteiger charge is -2.19. The van der Waals surface area contributed by atoms with E-state index in [9.17, 15) is 4.79 Å². The van der Waals surface area contributed by atoms with E-state index in [2.05, 4.69) is 53.2 Å². The Morgan fingerprint density at radius 3 is 2.19 bits per heavy atom. The molecular formula is C20H28N4O2S. The van der Waals surface area contributed by atoms with Crippen LogP contribution in [0.2, 0.25) is 0 Å². The highest BCUT2D eigenvalue weighted by Gasteiger charge is 2.22. The predicted octanol–water partition coefficient (Wildman–Crippen LogP) is 4.45. The monoisotopic (exact) mass is 388 g/mol. The van der Waals surface area contributed by atoms with Crippen molar-refractivity contribution in [3.05, 3.63) is 35.7 Å². The molecule has 7 heteroatoms. The molecule has 0 aliphatic rings. The molecule has 1 N–H and O–H groups in total. The van der Waals surface area contributed by atoms with Crippen molar-refractivity contribution >= 4 is 23.6 Å². The molecule has 0 fully saturated rings. The molecule has 0 radical (unpaired) electrons. The van der Waals surface area contributed by atoms with Crippen LogP contribution in [0.5, 0.6) is 5.75 Å². The number of amides is 1. The van der Waals surface area contributed by atoms with Crippen molar-refractivity contribution < 1.29 is 9.53 Å². The summed E-state index contributed by atoms with van der Waals surface area (Å²) >= 11 is 1.39. The Kier molecular flexibility index (Phi) is 6.46. The molecule has 1 heterocycles. The molecule has 0 aliphatic carbocycles. The van der Waals surface area contributed by atoms with E-state index >= 15 is 0 Å². The Hall–Kier alpha value is -2.15. The van der Waals surface area contributed by atoms with Crippen LogP contribution in [-0.2, 0) is 16.8 Å². The summed E-state index contributed by atoms with van der Waals surface area (Å²) in [4.78, 5) is 25.1. The molecule has 1 aromatic carbocycles. The van der Waals surface area contributed by atoms with Gasteiger partial charge in [0.15, 0.2) is 11.0 Å². The summed E-state index contributed by atoms with van der Waals surface area (Å²) in [6.45, 7) is 12.2. The summed E-state index contributed by atoms with van der Waals surface area (Å²) < 4.78 is 5.81. The van der Waals surface area contributed by atoms with Crippen LogP contribution in [0.3, 0.4) is 0 Å². The standard InChI is InChI=1S/C20H28N4O2S/c1-19(2,3)13-8-10-14(11-9-13)26-12-15-21-17(24-18(22-15)27-7)23-16(25)20(4,5)6/h8-11H,12H2,1-7H3,(H,21,22,23,24,25). The van der Waals surface area contributed by atoms with Gasteiger partial charge in [0.2, 0.25) is 11.9 Å². The number of hydrogen-bond donors (Lipinski definition) is 1. The summed E-state index contributed by atoms with van der Waals surface area (Å²) in [5.74, 6) is 1.31. The number of ether oxygens (including phenoxy) is 1. The summed E-state index contributed by atoms with van der Waals surface area (Å²) in [6.07, 6.45) is 1.88. The second kappa shape index (κ2) is 8.25. The summed E-state index contributed by atoms with van der Waals surface area (Å²) in [6, 6.07) is 8.01. The van der Waals surface area contributed by atoms with Crippen molar-refractivity contribution in [2.75, 3.05) is 11.6 Å². The van der Waals surface area contributed by atoms with Gasteiger partial charge in [-0.05, 0) is 29.4 Å². The zero-order valence-electron chi connectivity index (χ0n) is 17.1. The average molecular weight is 389 g/mol. The third-order valence-corrected chi connectivity index (χ3v) is 4.39. The highest BCUT2D eigenvalue weighted by molar-refractivity contribution is 7.98. The number of aromatic nitrogens is 3. The molecule has 146 valence electrons. The normalized spacial score (nSPS) is 12.0. The molecule has 0 bridgehead atoms. The summed E-state index contributed by atoms with van der Waals surface area (Å²) in [5, 5.41) is 3.29. The maximum Gasteiger partial charge on any atom is 0.233 e. The number of thioether (sulfide) groups is 1. The zero-order chi connectivity index (χ0) is 20.2. The molecule has 27 heavy (non-hydrogen) atoms. The summed E-state index contributed by atoms with van der Waals surface area (Å²) in [7, 11) is 0. The highest BCUT2D eigenvalue weighted by atomic mass is 32.2. The number of carbonyl (C=O) groups is 1. The second-order valence-electron chi connectivity index (χ2n) is 8.33. The fourth-order valence-corrected chi connectivity index (χ4v) is 2.47. The quantitative estimate of drug-likeness (QED) is 0.762. The van der Waals surface area contributed by atoms with Gasteiger partial charge in [-0.2, -0.15) is 9.97 Å². The third kappa shape index (κ3) is 6.20. The van der Waals surface area contributed by atoms with Gasteiger partial charge in [0.1, 0.15) is 12.4 Å². The maximum absolute atomic E-state index is 12.2. The highest BCUT2D eigenvalue weighted by Crippen LogP contribution is 2.24. The largest absolute Gasteiger partial charge is 0.486 e. The van der Waals surface area contributed by atoms with Gasteiger partial charge in [-0.1, -0.05) is 65.4 Å². The van der Waals surface area contributed by atoms with Gasteiger partial charge < -0.3 is 4.74 Å². The first-order chi connectivity index (χ1) is 12.5. The number of benzene rings is 1. The molecule has 0 saturated carbocycles. The van der Waals surface area contributed by atoms with Crippen molar-refractivity contribution in [1.29, 1.82) is 0 Å². The fraction of sp³-hybridized carbons (Fsp3) is 0.500. The first-order valence-electron chi connectivity index (χ1n) is 8.83. The van der Waals surface area contributed by atoms with Crippen LogP contribution in [-0.4, -0.2) is 27.1 Å². The second-order valence-corrected chi connectivity index (χ2v) is 9.10. The SMILES string of the molecule is CSc1nc(COc2ccc(C(C)(C)C)cc2)nc(NC(=O)C(C)(C)C)n1. The van der Waals surface area contributed by atoms with Crippen LogP contribution in [0.15, 0.2) is 29.4 Å². The molecule has 2 rings (SSSR count).